The minimum atomic E-state index is -4.02. The number of hydrogen-bond donors (Lipinski definition) is 2. The highest BCUT2D eigenvalue weighted by molar-refractivity contribution is 9.10. The second kappa shape index (κ2) is 11.8. The molecule has 0 bridgehead atoms. The van der Waals surface area contributed by atoms with Crippen LogP contribution in [0.1, 0.15) is 32.8 Å². The third-order valence-corrected chi connectivity index (χ3v) is 8.90. The van der Waals surface area contributed by atoms with Crippen LogP contribution in [-0.2, 0) is 21.3 Å². The van der Waals surface area contributed by atoms with Crippen LogP contribution in [0.5, 0.6) is 5.75 Å². The first kappa shape index (κ1) is 29.3. The lowest BCUT2D eigenvalue weighted by Gasteiger charge is -2.24. The Hall–Kier alpha value is -2.72. The number of nitrogens with two attached hydrogens (primary N) is 1. The molecular weight excluding hydrogens is 610 g/mol. The zero-order chi connectivity index (χ0) is 28.4. The van der Waals surface area contributed by atoms with E-state index >= 15 is 0 Å². The first-order chi connectivity index (χ1) is 18.4. The van der Waals surface area contributed by atoms with E-state index in [-0.39, 0.29) is 16.3 Å². The summed E-state index contributed by atoms with van der Waals surface area (Å²) in [6, 6.07) is 10.1. The smallest absolute Gasteiger partial charge is 0.410 e. The van der Waals surface area contributed by atoms with Crippen LogP contribution in [0.2, 0.25) is 0 Å². The maximum Gasteiger partial charge on any atom is 0.410 e. The Morgan fingerprint density at radius 3 is 2.59 bits per heavy atom. The van der Waals surface area contributed by atoms with Gasteiger partial charge >= 0.3 is 6.09 Å². The Labute approximate surface area is 239 Å². The Balaban J connectivity index is 1.60. The van der Waals surface area contributed by atoms with Crippen LogP contribution in [-0.4, -0.2) is 71.5 Å². The van der Waals surface area contributed by atoms with Gasteiger partial charge in [0.2, 0.25) is 10.0 Å². The number of carbonyl (C=O) groups is 1. The Morgan fingerprint density at radius 2 is 1.95 bits per heavy atom. The van der Waals surface area contributed by atoms with Crippen LogP contribution in [0.15, 0.2) is 50.7 Å². The van der Waals surface area contributed by atoms with E-state index in [1.807, 2.05) is 24.3 Å². The van der Waals surface area contributed by atoms with Crippen molar-refractivity contribution >= 4 is 44.0 Å². The molecule has 15 heteroatoms. The van der Waals surface area contributed by atoms with Crippen molar-refractivity contribution in [1.82, 2.24) is 29.8 Å². The van der Waals surface area contributed by atoms with Crippen LogP contribution in [0.25, 0.3) is 11.4 Å². The van der Waals surface area contributed by atoms with E-state index in [0.717, 1.165) is 23.3 Å². The van der Waals surface area contributed by atoms with Crippen molar-refractivity contribution in [3.63, 3.8) is 0 Å². The molecule has 1 atom stereocenters. The lowest BCUT2D eigenvalue weighted by atomic mass is 10.2. The molecule has 1 aliphatic rings. The molecule has 1 amide bonds. The molecule has 0 saturated carbocycles. The molecule has 39 heavy (non-hydrogen) atoms. The summed E-state index contributed by atoms with van der Waals surface area (Å²) in [6.07, 6.45) is -0.0235. The number of ether oxygens (including phenoxy) is 2. The Kier molecular flexibility index (Phi) is 8.85. The summed E-state index contributed by atoms with van der Waals surface area (Å²) < 4.78 is 42.6. The summed E-state index contributed by atoms with van der Waals surface area (Å²) in [5.41, 5.74) is 0.729. The summed E-state index contributed by atoms with van der Waals surface area (Å²) in [7, 11) is -2.43. The number of tetrazole rings is 1. The lowest BCUT2D eigenvalue weighted by Crippen LogP contribution is -2.40. The standard InChI is InChI=1S/C24H30BrN7O5S2/c1-24(2,3)37-23(33)31-12-11-16(14-31)28-39(34,35)19-10-9-18(25)20(21(19)38-26)22-27-29-30-32(22)13-15-5-7-17(36-4)8-6-15/h5-10,16,28H,11-14,26H2,1-4H3/t16-/m1/s1. The highest BCUT2D eigenvalue weighted by Crippen LogP contribution is 2.39. The first-order valence-corrected chi connectivity index (χ1v) is 15.2. The molecule has 0 radical (unpaired) electrons. The summed E-state index contributed by atoms with van der Waals surface area (Å²) in [4.78, 5) is 14.2. The molecule has 3 N–H and O–H groups in total. The van der Waals surface area contributed by atoms with E-state index in [1.54, 1.807) is 38.6 Å². The molecular formula is C24H30BrN7O5S2. The maximum atomic E-state index is 13.5. The molecule has 0 unspecified atom stereocenters. The van der Waals surface area contributed by atoms with Crippen LogP contribution in [0.3, 0.4) is 0 Å². The average molecular weight is 641 g/mol. The van der Waals surface area contributed by atoms with Gasteiger partial charge in [-0.1, -0.05) is 12.1 Å². The molecule has 210 valence electrons. The van der Waals surface area contributed by atoms with Crippen LogP contribution in [0.4, 0.5) is 4.79 Å². The fourth-order valence-electron chi connectivity index (χ4n) is 4.10. The van der Waals surface area contributed by atoms with E-state index in [9.17, 15) is 13.2 Å². The molecule has 4 rings (SSSR count). The Bertz CT molecular complexity index is 1440. The zero-order valence-corrected chi connectivity index (χ0v) is 25.1. The minimum Gasteiger partial charge on any atom is -0.497 e. The minimum absolute atomic E-state index is 0.0112. The summed E-state index contributed by atoms with van der Waals surface area (Å²) >= 11 is 4.31. The summed E-state index contributed by atoms with van der Waals surface area (Å²) in [5, 5.41) is 18.1. The van der Waals surface area contributed by atoms with E-state index in [2.05, 4.69) is 36.2 Å². The quantitative estimate of drug-likeness (QED) is 0.350. The molecule has 0 spiro atoms. The zero-order valence-electron chi connectivity index (χ0n) is 21.9. The molecule has 12 nitrogen and oxygen atoms in total. The van der Waals surface area contributed by atoms with Gasteiger partial charge in [0.05, 0.1) is 29.0 Å². The highest BCUT2D eigenvalue weighted by atomic mass is 79.9. The van der Waals surface area contributed by atoms with Gasteiger partial charge in [-0.2, -0.15) is 0 Å². The summed E-state index contributed by atoms with van der Waals surface area (Å²) in [6.45, 7) is 6.27. The number of halogens is 1. The fourth-order valence-corrected chi connectivity index (χ4v) is 7.07. The van der Waals surface area contributed by atoms with Crippen LogP contribution >= 0.6 is 27.9 Å². The van der Waals surface area contributed by atoms with Crippen LogP contribution < -0.4 is 14.6 Å². The van der Waals surface area contributed by atoms with Gasteiger partial charge < -0.3 is 14.4 Å². The van der Waals surface area contributed by atoms with Gasteiger partial charge in [-0.05, 0) is 95.3 Å². The van der Waals surface area contributed by atoms with E-state index in [4.69, 9.17) is 14.6 Å². The normalized spacial score (nSPS) is 15.9. The van der Waals surface area contributed by atoms with Crippen molar-refractivity contribution in [3.05, 3.63) is 46.4 Å². The van der Waals surface area contributed by atoms with Crippen molar-refractivity contribution in [1.29, 1.82) is 0 Å². The molecule has 1 fully saturated rings. The van der Waals surface area contributed by atoms with Gasteiger partial charge in [0.25, 0.3) is 0 Å². The van der Waals surface area contributed by atoms with Gasteiger partial charge in [-0.25, -0.2) is 22.6 Å². The molecule has 2 aromatic carbocycles. The van der Waals surface area contributed by atoms with E-state index < -0.39 is 27.8 Å². The molecule has 1 aliphatic heterocycles. The Morgan fingerprint density at radius 1 is 1.23 bits per heavy atom. The van der Waals surface area contributed by atoms with Gasteiger partial charge in [-0.15, -0.1) is 5.10 Å². The topological polar surface area (TPSA) is 155 Å². The number of rotatable bonds is 8. The molecule has 2 heterocycles. The predicted molar refractivity (Wildman–Crippen MR) is 150 cm³/mol. The van der Waals surface area contributed by atoms with Crippen molar-refractivity contribution in [2.45, 2.75) is 55.2 Å². The first-order valence-electron chi connectivity index (χ1n) is 12.0. The number of carbonyl (C=O) groups excluding carboxylic acids is 1. The summed E-state index contributed by atoms with van der Waals surface area (Å²) in [5.74, 6) is 1.07. The fraction of sp³-hybridized carbons (Fsp3) is 0.417. The number of methoxy groups -OCH3 is 1. The van der Waals surface area contributed by atoms with Crippen molar-refractivity contribution < 1.29 is 22.7 Å². The number of sulfonamides is 1. The van der Waals surface area contributed by atoms with Crippen molar-refractivity contribution in [2.75, 3.05) is 20.2 Å². The third-order valence-electron chi connectivity index (χ3n) is 5.89. The van der Waals surface area contributed by atoms with Crippen molar-refractivity contribution in [2.24, 2.45) is 5.14 Å². The average Bonchev–Trinajstić information content (AvgIpc) is 3.52. The number of benzene rings is 2. The molecule has 1 aromatic heterocycles. The molecule has 1 saturated heterocycles. The number of nitrogens with one attached hydrogen (secondary N) is 1. The SMILES string of the molecule is COc1ccc(Cn2nnnc2-c2c(Br)ccc(S(=O)(=O)N[C@@H]3CCN(C(=O)OC(C)(C)C)C3)c2SN)cc1. The second-order valence-electron chi connectivity index (χ2n) is 9.91. The van der Waals surface area contributed by atoms with E-state index in [0.29, 0.717) is 35.4 Å². The molecule has 3 aromatic rings. The molecule has 0 aliphatic carbocycles. The van der Waals surface area contributed by atoms with Gasteiger partial charge in [-0.3, -0.25) is 5.14 Å². The second-order valence-corrected chi connectivity index (χ2v) is 13.1. The van der Waals surface area contributed by atoms with Crippen molar-refractivity contribution in [3.8, 4) is 17.1 Å². The third kappa shape index (κ3) is 6.90. The number of hydrogen-bond acceptors (Lipinski definition) is 10. The van der Waals surface area contributed by atoms with Gasteiger partial charge in [0, 0.05) is 23.6 Å². The van der Waals surface area contributed by atoms with Crippen LogP contribution in [0, 0.1) is 0 Å². The van der Waals surface area contributed by atoms with Gasteiger partial charge in [0.1, 0.15) is 11.4 Å². The highest BCUT2D eigenvalue weighted by Gasteiger charge is 2.34. The maximum absolute atomic E-state index is 13.5. The largest absolute Gasteiger partial charge is 0.497 e. The number of amides is 1. The number of aromatic nitrogens is 4. The number of likely N-dealkylation sites (tertiary alicyclic amines) is 1. The lowest BCUT2D eigenvalue weighted by molar-refractivity contribution is 0.0292. The monoisotopic (exact) mass is 639 g/mol. The van der Waals surface area contributed by atoms with E-state index in [1.165, 1.54) is 11.0 Å². The van der Waals surface area contributed by atoms with Gasteiger partial charge in [0.15, 0.2) is 5.82 Å². The predicted octanol–water partition coefficient (Wildman–Crippen LogP) is 3.41. The number of nitrogens with zero attached hydrogens (tertiary/aromatic N) is 5.